The van der Waals surface area contributed by atoms with Crippen LogP contribution in [-0.4, -0.2) is 29.6 Å². The Labute approximate surface area is 124 Å². The fourth-order valence-electron chi connectivity index (χ4n) is 3.76. The molecular formula is C17H32N2O. The summed E-state index contributed by atoms with van der Waals surface area (Å²) in [5, 5.41) is 3.51. The number of hydrogen-bond acceptors (Lipinski definition) is 2. The number of amides is 1. The van der Waals surface area contributed by atoms with Gasteiger partial charge in [0.15, 0.2) is 0 Å². The molecular weight excluding hydrogens is 248 g/mol. The lowest BCUT2D eigenvalue weighted by atomic mass is 9.81. The van der Waals surface area contributed by atoms with Gasteiger partial charge < -0.3 is 4.90 Å². The maximum Gasteiger partial charge on any atom is 0.241 e. The summed E-state index contributed by atoms with van der Waals surface area (Å²) in [5.41, 5.74) is 0. The number of hydrogen-bond donors (Lipinski definition) is 1. The molecule has 1 N–H and O–H groups in total. The second-order valence-corrected chi connectivity index (χ2v) is 6.88. The van der Waals surface area contributed by atoms with Crippen LogP contribution in [0, 0.1) is 11.8 Å². The minimum absolute atomic E-state index is 0.0675. The van der Waals surface area contributed by atoms with E-state index < -0.39 is 0 Å². The highest BCUT2D eigenvalue weighted by Crippen LogP contribution is 2.31. The molecule has 1 saturated heterocycles. The van der Waals surface area contributed by atoms with Crippen LogP contribution in [-0.2, 0) is 4.79 Å². The van der Waals surface area contributed by atoms with Crippen molar-refractivity contribution in [3.05, 3.63) is 0 Å². The van der Waals surface area contributed by atoms with Crippen LogP contribution in [0.2, 0.25) is 0 Å². The monoisotopic (exact) mass is 280 g/mol. The maximum atomic E-state index is 12.4. The van der Waals surface area contributed by atoms with Crippen molar-refractivity contribution in [2.24, 2.45) is 11.8 Å². The summed E-state index contributed by atoms with van der Waals surface area (Å²) in [6, 6.07) is 0.0675. The Bertz CT molecular complexity index is 310. The quantitative estimate of drug-likeness (QED) is 0.807. The van der Waals surface area contributed by atoms with Gasteiger partial charge in [0, 0.05) is 6.54 Å². The van der Waals surface area contributed by atoms with Crippen molar-refractivity contribution in [2.75, 3.05) is 6.54 Å². The molecule has 2 fully saturated rings. The van der Waals surface area contributed by atoms with E-state index in [1.807, 2.05) is 0 Å². The summed E-state index contributed by atoms with van der Waals surface area (Å²) in [6.45, 7) is 7.63. The molecule has 1 amide bonds. The third-order valence-electron chi connectivity index (χ3n) is 5.24. The molecule has 1 aliphatic heterocycles. The van der Waals surface area contributed by atoms with Crippen LogP contribution in [0.1, 0.15) is 72.1 Å². The minimum atomic E-state index is 0.0675. The average Bonchev–Trinajstić information content (AvgIpc) is 2.75. The van der Waals surface area contributed by atoms with Gasteiger partial charge in [0.25, 0.3) is 0 Å². The summed E-state index contributed by atoms with van der Waals surface area (Å²) < 4.78 is 0. The molecule has 2 atom stereocenters. The lowest BCUT2D eigenvalue weighted by Gasteiger charge is -2.29. The highest BCUT2D eigenvalue weighted by atomic mass is 16.2. The highest BCUT2D eigenvalue weighted by molar-refractivity contribution is 5.84. The minimum Gasteiger partial charge on any atom is -0.326 e. The molecule has 3 heteroatoms. The van der Waals surface area contributed by atoms with Crippen LogP contribution >= 0.6 is 0 Å². The first-order chi connectivity index (χ1) is 9.65. The first-order valence-electron chi connectivity index (χ1n) is 8.72. The van der Waals surface area contributed by atoms with Gasteiger partial charge in [-0.15, -0.1) is 0 Å². The number of rotatable bonds is 6. The smallest absolute Gasteiger partial charge is 0.241 e. The van der Waals surface area contributed by atoms with Gasteiger partial charge in [0.1, 0.15) is 0 Å². The third kappa shape index (κ3) is 3.75. The molecule has 2 unspecified atom stereocenters. The molecule has 2 aliphatic rings. The van der Waals surface area contributed by atoms with Crippen molar-refractivity contribution in [1.29, 1.82) is 0 Å². The number of nitrogens with zero attached hydrogens (tertiary/aromatic N) is 1. The third-order valence-corrected chi connectivity index (χ3v) is 5.24. The van der Waals surface area contributed by atoms with Gasteiger partial charge in [0.05, 0.1) is 12.2 Å². The lowest BCUT2D eigenvalue weighted by Crippen LogP contribution is -2.38. The fraction of sp³-hybridized carbons (Fsp3) is 0.941. The van der Waals surface area contributed by atoms with Crippen molar-refractivity contribution < 1.29 is 4.79 Å². The Kier molecular flexibility index (Phi) is 5.88. The van der Waals surface area contributed by atoms with E-state index in [1.165, 1.54) is 32.1 Å². The van der Waals surface area contributed by atoms with E-state index in [-0.39, 0.29) is 6.04 Å². The Morgan fingerprint density at radius 2 is 1.85 bits per heavy atom. The number of carbonyl (C=O) groups is 1. The van der Waals surface area contributed by atoms with Crippen molar-refractivity contribution in [3.8, 4) is 0 Å². The van der Waals surface area contributed by atoms with E-state index >= 15 is 0 Å². The standard InChI is InChI=1S/C17H32N2O/c1-4-6-16-18-15(5-2)17(20)19(16)12-11-14-9-7-13(3)8-10-14/h13-16,18H,4-12H2,1-3H3. The van der Waals surface area contributed by atoms with E-state index in [4.69, 9.17) is 0 Å². The zero-order chi connectivity index (χ0) is 14.5. The zero-order valence-electron chi connectivity index (χ0n) is 13.5. The van der Waals surface area contributed by atoms with Crippen molar-refractivity contribution in [3.63, 3.8) is 0 Å². The topological polar surface area (TPSA) is 32.3 Å². The van der Waals surface area contributed by atoms with Gasteiger partial charge in [-0.25, -0.2) is 0 Å². The van der Waals surface area contributed by atoms with Gasteiger partial charge in [-0.3, -0.25) is 10.1 Å². The molecule has 3 nitrogen and oxygen atoms in total. The van der Waals surface area contributed by atoms with E-state index in [2.05, 4.69) is 31.0 Å². The van der Waals surface area contributed by atoms with Crippen LogP contribution in [0.25, 0.3) is 0 Å². The highest BCUT2D eigenvalue weighted by Gasteiger charge is 2.37. The Morgan fingerprint density at radius 1 is 1.15 bits per heavy atom. The predicted molar refractivity (Wildman–Crippen MR) is 83.4 cm³/mol. The Hall–Kier alpha value is -0.570. The molecule has 0 aromatic rings. The summed E-state index contributed by atoms with van der Waals surface area (Å²) >= 11 is 0. The van der Waals surface area contributed by atoms with Crippen LogP contribution < -0.4 is 5.32 Å². The molecule has 0 radical (unpaired) electrons. The first kappa shape index (κ1) is 15.8. The van der Waals surface area contributed by atoms with E-state index in [1.54, 1.807) is 0 Å². The fourth-order valence-corrected chi connectivity index (χ4v) is 3.76. The van der Waals surface area contributed by atoms with Crippen LogP contribution in [0.4, 0.5) is 0 Å². The molecule has 1 aliphatic carbocycles. The molecule has 0 spiro atoms. The zero-order valence-corrected chi connectivity index (χ0v) is 13.5. The molecule has 0 aromatic heterocycles. The second-order valence-electron chi connectivity index (χ2n) is 6.88. The summed E-state index contributed by atoms with van der Waals surface area (Å²) in [6.07, 6.45) is 10.1. The first-order valence-corrected chi connectivity index (χ1v) is 8.72. The average molecular weight is 280 g/mol. The van der Waals surface area contributed by atoms with Crippen LogP contribution in [0.15, 0.2) is 0 Å². The normalized spacial score (nSPS) is 34.8. The summed E-state index contributed by atoms with van der Waals surface area (Å²) in [7, 11) is 0. The van der Waals surface area contributed by atoms with Crippen LogP contribution in [0.5, 0.6) is 0 Å². The van der Waals surface area contributed by atoms with Gasteiger partial charge in [0.2, 0.25) is 5.91 Å². The Balaban J connectivity index is 1.84. The molecule has 1 saturated carbocycles. The summed E-state index contributed by atoms with van der Waals surface area (Å²) in [5.74, 6) is 2.11. The molecule has 0 bridgehead atoms. The maximum absolute atomic E-state index is 12.4. The van der Waals surface area contributed by atoms with Gasteiger partial charge in [-0.1, -0.05) is 52.9 Å². The molecule has 1 heterocycles. The van der Waals surface area contributed by atoms with E-state index in [0.717, 1.165) is 37.6 Å². The lowest BCUT2D eigenvalue weighted by molar-refractivity contribution is -0.130. The molecule has 0 aromatic carbocycles. The number of carbonyl (C=O) groups excluding carboxylic acids is 1. The van der Waals surface area contributed by atoms with Crippen molar-refractivity contribution >= 4 is 5.91 Å². The summed E-state index contributed by atoms with van der Waals surface area (Å²) in [4.78, 5) is 14.5. The van der Waals surface area contributed by atoms with E-state index in [0.29, 0.717) is 12.1 Å². The second kappa shape index (κ2) is 7.44. The predicted octanol–water partition coefficient (Wildman–Crippen LogP) is 3.54. The van der Waals surface area contributed by atoms with Gasteiger partial charge in [-0.2, -0.15) is 0 Å². The van der Waals surface area contributed by atoms with Crippen molar-refractivity contribution in [1.82, 2.24) is 10.2 Å². The van der Waals surface area contributed by atoms with Gasteiger partial charge >= 0.3 is 0 Å². The van der Waals surface area contributed by atoms with Gasteiger partial charge in [-0.05, 0) is 31.1 Å². The SMILES string of the molecule is CCCC1NC(CC)C(=O)N1CCC1CCC(C)CC1. The Morgan fingerprint density at radius 3 is 2.45 bits per heavy atom. The van der Waals surface area contributed by atoms with E-state index in [9.17, 15) is 4.79 Å². The molecule has 20 heavy (non-hydrogen) atoms. The van der Waals surface area contributed by atoms with Crippen molar-refractivity contribution in [2.45, 2.75) is 84.3 Å². The molecule has 2 rings (SSSR count). The molecule has 116 valence electrons. The largest absolute Gasteiger partial charge is 0.326 e. The van der Waals surface area contributed by atoms with Crippen LogP contribution in [0.3, 0.4) is 0 Å². The number of nitrogens with one attached hydrogen (secondary N) is 1.